The zero-order valence-electron chi connectivity index (χ0n) is 14.1. The van der Waals surface area contributed by atoms with Crippen molar-refractivity contribution in [1.82, 2.24) is 19.9 Å². The van der Waals surface area contributed by atoms with Crippen LogP contribution in [0, 0.1) is 0 Å². The first kappa shape index (κ1) is 18.0. The highest BCUT2D eigenvalue weighted by molar-refractivity contribution is 6.30. The molecule has 2 aromatic heterocycles. The maximum atomic E-state index is 12.7. The number of nitrogens with zero attached hydrogens (tertiary/aromatic N) is 3. The quantitative estimate of drug-likeness (QED) is 0.715. The van der Waals surface area contributed by atoms with Gasteiger partial charge in [0.25, 0.3) is 11.5 Å². The Bertz CT molecular complexity index is 986. The van der Waals surface area contributed by atoms with E-state index in [2.05, 4.69) is 15.3 Å². The number of carbonyl (C=O) groups excluding carboxylic acids is 1. The molecule has 1 N–H and O–H groups in total. The maximum Gasteiger partial charge on any atom is 0.283 e. The Morgan fingerprint density at radius 3 is 2.77 bits per heavy atom. The van der Waals surface area contributed by atoms with E-state index in [4.69, 9.17) is 16.3 Å². The van der Waals surface area contributed by atoms with Crippen molar-refractivity contribution in [1.29, 1.82) is 0 Å². The third-order valence-electron chi connectivity index (χ3n) is 3.80. The summed E-state index contributed by atoms with van der Waals surface area (Å²) in [5.41, 5.74) is 1.09. The summed E-state index contributed by atoms with van der Waals surface area (Å²) in [5.74, 6) is -0.540. The normalized spacial score (nSPS) is 10.8. The molecule has 26 heavy (non-hydrogen) atoms. The van der Waals surface area contributed by atoms with Gasteiger partial charge in [0.1, 0.15) is 5.52 Å². The van der Waals surface area contributed by atoms with E-state index in [9.17, 15) is 9.59 Å². The number of carbonyl (C=O) groups is 1. The van der Waals surface area contributed by atoms with Gasteiger partial charge in [-0.3, -0.25) is 14.2 Å². The highest BCUT2D eigenvalue weighted by atomic mass is 35.5. The zero-order chi connectivity index (χ0) is 18.5. The van der Waals surface area contributed by atoms with E-state index in [0.29, 0.717) is 22.8 Å². The molecule has 0 aliphatic rings. The molecule has 3 aromatic rings. The lowest BCUT2D eigenvalue weighted by atomic mass is 10.2. The number of amides is 1. The topological polar surface area (TPSA) is 86.1 Å². The standard InChI is InChI=1S/C18H17ClN4O3/c1-26-10-9-23-16-14(3-2-8-20-16)22-15(18(23)25)17(24)21-11-12-4-6-13(19)7-5-12/h2-8H,9-11H2,1H3,(H,21,24). The number of nitrogens with one attached hydrogen (secondary N) is 1. The molecule has 8 heteroatoms. The molecule has 1 aromatic carbocycles. The average molecular weight is 373 g/mol. The van der Waals surface area contributed by atoms with Crippen molar-refractivity contribution in [2.24, 2.45) is 0 Å². The lowest BCUT2D eigenvalue weighted by Crippen LogP contribution is -2.35. The monoisotopic (exact) mass is 372 g/mol. The average Bonchev–Trinajstić information content (AvgIpc) is 2.66. The molecular formula is C18H17ClN4O3. The highest BCUT2D eigenvalue weighted by Gasteiger charge is 2.17. The number of pyridine rings is 1. The minimum Gasteiger partial charge on any atom is -0.383 e. The lowest BCUT2D eigenvalue weighted by Gasteiger charge is -2.11. The molecular weight excluding hydrogens is 356 g/mol. The van der Waals surface area contributed by atoms with Crippen molar-refractivity contribution >= 4 is 28.7 Å². The largest absolute Gasteiger partial charge is 0.383 e. The number of fused-ring (bicyclic) bond motifs is 1. The van der Waals surface area contributed by atoms with Crippen LogP contribution in [-0.2, 0) is 17.8 Å². The fraction of sp³-hybridized carbons (Fsp3) is 0.222. The van der Waals surface area contributed by atoms with Gasteiger partial charge in [-0.2, -0.15) is 0 Å². The van der Waals surface area contributed by atoms with Gasteiger partial charge in [0, 0.05) is 24.9 Å². The van der Waals surface area contributed by atoms with Crippen LogP contribution in [0.15, 0.2) is 47.4 Å². The summed E-state index contributed by atoms with van der Waals surface area (Å²) in [6, 6.07) is 10.5. The minimum atomic E-state index is -0.540. The summed E-state index contributed by atoms with van der Waals surface area (Å²) in [6.07, 6.45) is 1.58. The number of benzene rings is 1. The predicted octanol–water partition coefficient (Wildman–Crippen LogP) is 2.02. The van der Waals surface area contributed by atoms with Crippen molar-refractivity contribution in [2.75, 3.05) is 13.7 Å². The molecule has 0 radical (unpaired) electrons. The molecule has 134 valence electrons. The number of halogens is 1. The number of hydrogen-bond acceptors (Lipinski definition) is 5. The minimum absolute atomic E-state index is 0.171. The zero-order valence-corrected chi connectivity index (χ0v) is 14.9. The molecule has 0 aliphatic heterocycles. The van der Waals surface area contributed by atoms with Gasteiger partial charge in [-0.05, 0) is 29.8 Å². The Balaban J connectivity index is 1.90. The van der Waals surface area contributed by atoms with Crippen LogP contribution in [0.4, 0.5) is 0 Å². The second kappa shape index (κ2) is 8.07. The van der Waals surface area contributed by atoms with E-state index in [1.807, 2.05) is 0 Å². The van der Waals surface area contributed by atoms with Crippen LogP contribution >= 0.6 is 11.6 Å². The van der Waals surface area contributed by atoms with Gasteiger partial charge >= 0.3 is 0 Å². The van der Waals surface area contributed by atoms with Crippen molar-refractivity contribution in [3.8, 4) is 0 Å². The van der Waals surface area contributed by atoms with E-state index >= 15 is 0 Å². The third-order valence-corrected chi connectivity index (χ3v) is 4.05. The van der Waals surface area contributed by atoms with E-state index in [-0.39, 0.29) is 18.8 Å². The Morgan fingerprint density at radius 1 is 1.27 bits per heavy atom. The summed E-state index contributed by atoms with van der Waals surface area (Å²) in [6.45, 7) is 0.866. The lowest BCUT2D eigenvalue weighted by molar-refractivity contribution is 0.0943. The van der Waals surface area contributed by atoms with E-state index in [0.717, 1.165) is 5.56 Å². The fourth-order valence-corrected chi connectivity index (χ4v) is 2.61. The first-order valence-corrected chi connectivity index (χ1v) is 8.35. The Labute approximate surface area is 154 Å². The maximum absolute atomic E-state index is 12.7. The van der Waals surface area contributed by atoms with Crippen molar-refractivity contribution < 1.29 is 9.53 Å². The van der Waals surface area contributed by atoms with Gasteiger partial charge in [0.05, 0.1) is 13.2 Å². The van der Waals surface area contributed by atoms with Gasteiger partial charge in [-0.15, -0.1) is 0 Å². The molecule has 0 bridgehead atoms. The van der Waals surface area contributed by atoms with Crippen LogP contribution in [0.2, 0.25) is 5.02 Å². The number of aromatic nitrogens is 3. The van der Waals surface area contributed by atoms with Gasteiger partial charge in [-0.1, -0.05) is 23.7 Å². The predicted molar refractivity (Wildman–Crippen MR) is 98.3 cm³/mol. The van der Waals surface area contributed by atoms with Crippen molar-refractivity contribution in [2.45, 2.75) is 13.1 Å². The molecule has 0 atom stereocenters. The number of hydrogen-bond donors (Lipinski definition) is 1. The Hall–Kier alpha value is -2.77. The molecule has 0 fully saturated rings. The fourth-order valence-electron chi connectivity index (χ4n) is 2.48. The van der Waals surface area contributed by atoms with E-state index in [1.54, 1.807) is 49.7 Å². The van der Waals surface area contributed by atoms with Crippen LogP contribution in [0.5, 0.6) is 0 Å². The molecule has 7 nitrogen and oxygen atoms in total. The molecule has 0 unspecified atom stereocenters. The van der Waals surface area contributed by atoms with Gasteiger partial charge in [-0.25, -0.2) is 9.97 Å². The summed E-state index contributed by atoms with van der Waals surface area (Å²) < 4.78 is 6.45. The van der Waals surface area contributed by atoms with Crippen LogP contribution in [-0.4, -0.2) is 34.2 Å². The first-order valence-electron chi connectivity index (χ1n) is 7.97. The van der Waals surface area contributed by atoms with Crippen LogP contribution in [0.1, 0.15) is 16.1 Å². The number of rotatable bonds is 6. The highest BCUT2D eigenvalue weighted by Crippen LogP contribution is 2.10. The molecule has 0 saturated carbocycles. The molecule has 0 aliphatic carbocycles. The molecule has 1 amide bonds. The Kier molecular flexibility index (Phi) is 5.60. The number of ether oxygens (including phenoxy) is 1. The summed E-state index contributed by atoms with van der Waals surface area (Å²) in [5, 5.41) is 3.33. The Morgan fingerprint density at radius 2 is 2.04 bits per heavy atom. The third kappa shape index (κ3) is 3.89. The van der Waals surface area contributed by atoms with Crippen LogP contribution in [0.25, 0.3) is 11.2 Å². The summed E-state index contributed by atoms with van der Waals surface area (Å²) in [4.78, 5) is 33.6. The number of methoxy groups -OCH3 is 1. The molecule has 0 saturated heterocycles. The van der Waals surface area contributed by atoms with Crippen molar-refractivity contribution in [3.05, 3.63) is 69.2 Å². The second-order valence-electron chi connectivity index (χ2n) is 5.57. The second-order valence-corrected chi connectivity index (χ2v) is 6.00. The van der Waals surface area contributed by atoms with Crippen LogP contribution in [0.3, 0.4) is 0 Å². The molecule has 0 spiro atoms. The van der Waals surface area contributed by atoms with Gasteiger partial charge in [0.15, 0.2) is 11.3 Å². The SMILES string of the molecule is COCCn1c(=O)c(C(=O)NCc2ccc(Cl)cc2)nc2cccnc21. The van der Waals surface area contributed by atoms with Gasteiger partial charge in [0.2, 0.25) is 0 Å². The van der Waals surface area contributed by atoms with E-state index in [1.165, 1.54) is 4.57 Å². The van der Waals surface area contributed by atoms with E-state index < -0.39 is 11.5 Å². The van der Waals surface area contributed by atoms with Crippen LogP contribution < -0.4 is 10.9 Å². The van der Waals surface area contributed by atoms with Gasteiger partial charge < -0.3 is 10.1 Å². The molecule has 3 rings (SSSR count). The van der Waals surface area contributed by atoms with Crippen molar-refractivity contribution in [3.63, 3.8) is 0 Å². The summed E-state index contributed by atoms with van der Waals surface area (Å²) >= 11 is 5.85. The summed E-state index contributed by atoms with van der Waals surface area (Å²) in [7, 11) is 1.54. The molecule has 2 heterocycles. The first-order chi connectivity index (χ1) is 12.6. The smallest absolute Gasteiger partial charge is 0.283 e.